The van der Waals surface area contributed by atoms with Crippen molar-refractivity contribution >= 4 is 22.7 Å². The van der Waals surface area contributed by atoms with Crippen LogP contribution in [0.5, 0.6) is 5.75 Å². The maximum atomic E-state index is 12.6. The molecule has 1 aromatic rings. The van der Waals surface area contributed by atoms with E-state index in [2.05, 4.69) is 4.99 Å². The first-order valence-electron chi connectivity index (χ1n) is 8.04. The standard InChI is InChI=1S/C17H22N2O3S/c1-2-22-10-12-7-8-19(9-12)17(21)14-11-23-16(18-14)13-5-3-4-6-15(13)20/h3-6,12,14,20H,2,7-11H2,1H3/t12-,14+/m1/s1. The fourth-order valence-electron chi connectivity index (χ4n) is 2.97. The van der Waals surface area contributed by atoms with Gasteiger partial charge in [0.2, 0.25) is 5.91 Å². The molecule has 1 fully saturated rings. The number of nitrogens with zero attached hydrogens (tertiary/aromatic N) is 2. The number of hydrogen-bond donors (Lipinski definition) is 1. The normalized spacial score (nSPS) is 24.0. The quantitative estimate of drug-likeness (QED) is 0.896. The van der Waals surface area contributed by atoms with Crippen molar-refractivity contribution in [2.75, 3.05) is 32.1 Å². The molecule has 2 aliphatic heterocycles. The third kappa shape index (κ3) is 3.70. The predicted octanol–water partition coefficient (Wildman–Crippen LogP) is 2.14. The fourth-order valence-corrected chi connectivity index (χ4v) is 4.03. The molecule has 5 nitrogen and oxygen atoms in total. The molecule has 0 unspecified atom stereocenters. The van der Waals surface area contributed by atoms with Crippen LogP contribution >= 0.6 is 11.8 Å². The number of ether oxygens (including phenoxy) is 1. The van der Waals surface area contributed by atoms with Crippen LogP contribution in [0.1, 0.15) is 18.9 Å². The van der Waals surface area contributed by atoms with Gasteiger partial charge >= 0.3 is 0 Å². The van der Waals surface area contributed by atoms with E-state index >= 15 is 0 Å². The van der Waals surface area contributed by atoms with Crippen molar-refractivity contribution in [2.45, 2.75) is 19.4 Å². The number of aromatic hydroxyl groups is 1. The molecule has 6 heteroatoms. The van der Waals surface area contributed by atoms with E-state index < -0.39 is 0 Å². The Kier molecular flexibility index (Phi) is 5.23. The molecule has 0 aliphatic carbocycles. The van der Waals surface area contributed by atoms with E-state index in [-0.39, 0.29) is 17.7 Å². The summed E-state index contributed by atoms with van der Waals surface area (Å²) in [6.07, 6.45) is 1.00. The lowest BCUT2D eigenvalue weighted by Crippen LogP contribution is -2.37. The average molecular weight is 334 g/mol. The summed E-state index contributed by atoms with van der Waals surface area (Å²) in [5.41, 5.74) is 0.712. The van der Waals surface area contributed by atoms with E-state index in [1.165, 1.54) is 11.8 Å². The van der Waals surface area contributed by atoms with Crippen LogP contribution in [0, 0.1) is 5.92 Å². The van der Waals surface area contributed by atoms with Crippen LogP contribution in [0.15, 0.2) is 29.3 Å². The minimum absolute atomic E-state index is 0.0990. The van der Waals surface area contributed by atoms with Gasteiger partial charge in [-0.15, -0.1) is 11.8 Å². The van der Waals surface area contributed by atoms with Crippen LogP contribution in [-0.2, 0) is 9.53 Å². The molecule has 23 heavy (non-hydrogen) atoms. The Balaban J connectivity index is 1.62. The van der Waals surface area contributed by atoms with Crippen LogP contribution < -0.4 is 0 Å². The lowest BCUT2D eigenvalue weighted by atomic mass is 10.1. The molecule has 1 amide bonds. The number of para-hydroxylation sites is 1. The maximum absolute atomic E-state index is 12.6. The third-order valence-corrected chi connectivity index (χ3v) is 5.31. The number of likely N-dealkylation sites (tertiary alicyclic amines) is 1. The van der Waals surface area contributed by atoms with Gasteiger partial charge in [-0.1, -0.05) is 12.1 Å². The van der Waals surface area contributed by atoms with E-state index in [9.17, 15) is 9.90 Å². The molecule has 2 heterocycles. The highest BCUT2D eigenvalue weighted by molar-refractivity contribution is 8.14. The highest BCUT2D eigenvalue weighted by Crippen LogP contribution is 2.30. The van der Waals surface area contributed by atoms with Gasteiger partial charge in [-0.2, -0.15) is 0 Å². The highest BCUT2D eigenvalue weighted by atomic mass is 32.2. The molecule has 3 rings (SSSR count). The molecule has 1 N–H and O–H groups in total. The van der Waals surface area contributed by atoms with Crippen LogP contribution in [0.2, 0.25) is 0 Å². The molecule has 0 bridgehead atoms. The van der Waals surface area contributed by atoms with E-state index in [1.54, 1.807) is 12.1 Å². The van der Waals surface area contributed by atoms with Gasteiger partial charge in [0.25, 0.3) is 0 Å². The number of benzene rings is 1. The van der Waals surface area contributed by atoms with Crippen molar-refractivity contribution in [1.29, 1.82) is 0 Å². The number of phenolic OH excluding ortho intramolecular Hbond substituents is 1. The molecule has 0 radical (unpaired) electrons. The van der Waals surface area contributed by atoms with Gasteiger partial charge in [0.05, 0.1) is 6.61 Å². The molecule has 0 saturated carbocycles. The van der Waals surface area contributed by atoms with E-state index in [4.69, 9.17) is 4.74 Å². The first kappa shape index (κ1) is 16.3. The largest absolute Gasteiger partial charge is 0.507 e. The summed E-state index contributed by atoms with van der Waals surface area (Å²) >= 11 is 1.54. The highest BCUT2D eigenvalue weighted by Gasteiger charge is 2.34. The number of carbonyl (C=O) groups is 1. The molecule has 0 aromatic heterocycles. The summed E-state index contributed by atoms with van der Waals surface area (Å²) in [6.45, 7) is 4.99. The Morgan fingerprint density at radius 3 is 3.09 bits per heavy atom. The van der Waals surface area contributed by atoms with Gasteiger partial charge in [0.1, 0.15) is 16.8 Å². The second kappa shape index (κ2) is 7.36. The first-order valence-corrected chi connectivity index (χ1v) is 9.03. The Hall–Kier alpha value is -1.53. The van der Waals surface area contributed by atoms with Crippen LogP contribution in [0.3, 0.4) is 0 Å². The van der Waals surface area contributed by atoms with E-state index in [0.717, 1.165) is 37.8 Å². The van der Waals surface area contributed by atoms with Gasteiger partial charge in [-0.05, 0) is 25.5 Å². The third-order valence-electron chi connectivity index (χ3n) is 4.23. The van der Waals surface area contributed by atoms with E-state index in [1.807, 2.05) is 24.0 Å². The summed E-state index contributed by atoms with van der Waals surface area (Å²) < 4.78 is 5.46. The van der Waals surface area contributed by atoms with Crippen LogP contribution in [0.25, 0.3) is 0 Å². The second-order valence-corrected chi connectivity index (χ2v) is 6.89. The number of thioether (sulfide) groups is 1. The van der Waals surface area contributed by atoms with Crippen LogP contribution in [-0.4, -0.2) is 59.1 Å². The van der Waals surface area contributed by atoms with Crippen molar-refractivity contribution < 1.29 is 14.6 Å². The van der Waals surface area contributed by atoms with Crippen molar-refractivity contribution in [3.63, 3.8) is 0 Å². The van der Waals surface area contributed by atoms with Crippen molar-refractivity contribution in [2.24, 2.45) is 10.9 Å². The summed E-state index contributed by atoms with van der Waals surface area (Å²) in [5, 5.41) is 10.7. The van der Waals surface area contributed by atoms with Gasteiger partial charge in [-0.3, -0.25) is 9.79 Å². The van der Waals surface area contributed by atoms with Crippen molar-refractivity contribution in [3.05, 3.63) is 29.8 Å². The number of phenols is 1. The molecule has 0 spiro atoms. The Morgan fingerprint density at radius 2 is 2.30 bits per heavy atom. The van der Waals surface area contributed by atoms with Gasteiger partial charge in [0, 0.05) is 36.9 Å². The summed E-state index contributed by atoms with van der Waals surface area (Å²) in [5.74, 6) is 1.40. The molecule has 2 atom stereocenters. The van der Waals surface area contributed by atoms with Crippen molar-refractivity contribution in [3.8, 4) is 5.75 Å². The first-order chi connectivity index (χ1) is 11.2. The number of carbonyl (C=O) groups excluding carboxylic acids is 1. The molecule has 1 aromatic carbocycles. The molecular weight excluding hydrogens is 312 g/mol. The van der Waals surface area contributed by atoms with Gasteiger partial charge in [0.15, 0.2) is 0 Å². The SMILES string of the molecule is CCOC[C@@H]1CCN(C(=O)[C@@H]2CSC(c3ccccc3O)=N2)C1. The zero-order valence-corrected chi connectivity index (χ0v) is 14.1. The molecule has 1 saturated heterocycles. The average Bonchev–Trinajstić information content (AvgIpc) is 3.22. The smallest absolute Gasteiger partial charge is 0.248 e. The summed E-state index contributed by atoms with van der Waals surface area (Å²) in [4.78, 5) is 19.1. The fraction of sp³-hybridized carbons (Fsp3) is 0.529. The molecule has 2 aliphatic rings. The minimum Gasteiger partial charge on any atom is -0.507 e. The van der Waals surface area contributed by atoms with Crippen molar-refractivity contribution in [1.82, 2.24) is 4.90 Å². The number of amides is 1. The van der Waals surface area contributed by atoms with Gasteiger partial charge < -0.3 is 14.7 Å². The summed E-state index contributed by atoms with van der Waals surface area (Å²) in [7, 11) is 0. The lowest BCUT2D eigenvalue weighted by Gasteiger charge is -2.18. The zero-order chi connectivity index (χ0) is 16.2. The molecule has 124 valence electrons. The predicted molar refractivity (Wildman–Crippen MR) is 92.1 cm³/mol. The Bertz CT molecular complexity index is 605. The lowest BCUT2D eigenvalue weighted by molar-refractivity contribution is -0.131. The number of aliphatic imine (C=N–C) groups is 1. The van der Waals surface area contributed by atoms with Gasteiger partial charge in [-0.25, -0.2) is 0 Å². The monoisotopic (exact) mass is 334 g/mol. The Morgan fingerprint density at radius 1 is 1.48 bits per heavy atom. The second-order valence-electron chi connectivity index (χ2n) is 5.88. The molecular formula is C17H22N2O3S. The number of rotatable bonds is 5. The summed E-state index contributed by atoms with van der Waals surface area (Å²) in [6, 6.07) is 6.80. The number of hydrogen-bond acceptors (Lipinski definition) is 5. The zero-order valence-electron chi connectivity index (χ0n) is 13.3. The minimum atomic E-state index is -0.333. The van der Waals surface area contributed by atoms with E-state index in [0.29, 0.717) is 17.2 Å². The topological polar surface area (TPSA) is 62.1 Å². The maximum Gasteiger partial charge on any atom is 0.248 e. The Labute approximate surface area is 140 Å². The van der Waals surface area contributed by atoms with Crippen LogP contribution in [0.4, 0.5) is 0 Å².